The number of hydrogen-bond donors (Lipinski definition) is 1. The van der Waals surface area contributed by atoms with E-state index in [1.165, 1.54) is 25.0 Å². The van der Waals surface area contributed by atoms with Crippen LogP contribution in [0.1, 0.15) is 31.0 Å². The second kappa shape index (κ2) is 5.83. The predicted octanol–water partition coefficient (Wildman–Crippen LogP) is 3.37. The van der Waals surface area contributed by atoms with E-state index in [9.17, 15) is 0 Å². The molecule has 6 heteroatoms. The van der Waals surface area contributed by atoms with Gasteiger partial charge in [0.15, 0.2) is 5.82 Å². The molecule has 0 atom stereocenters. The van der Waals surface area contributed by atoms with Crippen molar-refractivity contribution in [2.45, 2.75) is 38.4 Å². The Labute approximate surface area is 126 Å². The van der Waals surface area contributed by atoms with Gasteiger partial charge in [0.25, 0.3) is 0 Å². The van der Waals surface area contributed by atoms with E-state index in [2.05, 4.69) is 48.8 Å². The SMILES string of the molecule is C=CCn1cc(Br)c(NCc2ccnn2C2CCC2)n1. The number of nitrogens with one attached hydrogen (secondary N) is 1. The molecular weight excluding hydrogens is 318 g/mol. The summed E-state index contributed by atoms with van der Waals surface area (Å²) < 4.78 is 4.96. The Bertz CT molecular complexity index is 596. The summed E-state index contributed by atoms with van der Waals surface area (Å²) in [4.78, 5) is 0. The van der Waals surface area contributed by atoms with Crippen molar-refractivity contribution >= 4 is 21.7 Å². The fourth-order valence-corrected chi connectivity index (χ4v) is 2.81. The lowest BCUT2D eigenvalue weighted by atomic mass is 9.93. The third-order valence-electron chi connectivity index (χ3n) is 3.64. The second-order valence-corrected chi connectivity index (χ2v) is 5.90. The van der Waals surface area contributed by atoms with Gasteiger partial charge in [0.05, 0.1) is 29.3 Å². The molecule has 1 fully saturated rings. The molecule has 0 saturated heterocycles. The van der Waals surface area contributed by atoms with Crippen LogP contribution < -0.4 is 5.32 Å². The number of anilines is 1. The number of nitrogens with zero attached hydrogens (tertiary/aromatic N) is 4. The van der Waals surface area contributed by atoms with E-state index in [0.29, 0.717) is 12.6 Å². The molecule has 0 radical (unpaired) electrons. The van der Waals surface area contributed by atoms with Gasteiger partial charge in [0.2, 0.25) is 0 Å². The third kappa shape index (κ3) is 2.65. The summed E-state index contributed by atoms with van der Waals surface area (Å²) in [5, 5.41) is 12.3. The molecule has 106 valence electrons. The zero-order chi connectivity index (χ0) is 13.9. The lowest BCUT2D eigenvalue weighted by Crippen LogP contribution is -2.21. The molecule has 1 aliphatic carbocycles. The van der Waals surface area contributed by atoms with Crippen LogP contribution in [-0.4, -0.2) is 19.6 Å². The number of halogens is 1. The molecular formula is C14H18BrN5. The maximum Gasteiger partial charge on any atom is 0.162 e. The van der Waals surface area contributed by atoms with Crippen LogP contribution in [0.15, 0.2) is 35.6 Å². The van der Waals surface area contributed by atoms with Gasteiger partial charge >= 0.3 is 0 Å². The maximum absolute atomic E-state index is 4.47. The summed E-state index contributed by atoms with van der Waals surface area (Å²) in [6.45, 7) is 5.17. The molecule has 3 rings (SSSR count). The molecule has 5 nitrogen and oxygen atoms in total. The van der Waals surface area contributed by atoms with Crippen LogP contribution in [0.4, 0.5) is 5.82 Å². The first kappa shape index (κ1) is 13.4. The number of hydrogen-bond acceptors (Lipinski definition) is 3. The van der Waals surface area contributed by atoms with Crippen LogP contribution in [0.5, 0.6) is 0 Å². The van der Waals surface area contributed by atoms with E-state index < -0.39 is 0 Å². The molecule has 1 saturated carbocycles. The van der Waals surface area contributed by atoms with E-state index in [0.717, 1.165) is 16.8 Å². The lowest BCUT2D eigenvalue weighted by molar-refractivity contribution is 0.283. The fraction of sp³-hybridized carbons (Fsp3) is 0.429. The molecule has 2 heterocycles. The Balaban J connectivity index is 1.67. The minimum absolute atomic E-state index is 0.587. The summed E-state index contributed by atoms with van der Waals surface area (Å²) >= 11 is 3.52. The summed E-state index contributed by atoms with van der Waals surface area (Å²) in [5.74, 6) is 0.855. The number of rotatable bonds is 6. The van der Waals surface area contributed by atoms with Gasteiger partial charge in [0.1, 0.15) is 0 Å². The topological polar surface area (TPSA) is 47.7 Å². The van der Waals surface area contributed by atoms with Gasteiger partial charge in [-0.2, -0.15) is 10.2 Å². The summed E-state index contributed by atoms with van der Waals surface area (Å²) in [6.07, 6.45) is 9.45. The molecule has 0 aliphatic heterocycles. The number of allylic oxidation sites excluding steroid dienone is 1. The van der Waals surface area contributed by atoms with Crippen molar-refractivity contribution in [2.75, 3.05) is 5.32 Å². The Kier molecular flexibility index (Phi) is 3.91. The van der Waals surface area contributed by atoms with Crippen LogP contribution in [-0.2, 0) is 13.1 Å². The van der Waals surface area contributed by atoms with Crippen LogP contribution in [0, 0.1) is 0 Å². The van der Waals surface area contributed by atoms with E-state index in [4.69, 9.17) is 0 Å². The molecule has 2 aromatic heterocycles. The second-order valence-electron chi connectivity index (χ2n) is 5.04. The summed E-state index contributed by atoms with van der Waals surface area (Å²) in [5.41, 5.74) is 1.21. The first-order valence-corrected chi connectivity index (χ1v) is 7.67. The Morgan fingerprint density at radius 1 is 1.50 bits per heavy atom. The highest BCUT2D eigenvalue weighted by molar-refractivity contribution is 9.10. The van der Waals surface area contributed by atoms with Gasteiger partial charge in [-0.3, -0.25) is 9.36 Å². The van der Waals surface area contributed by atoms with Gasteiger partial charge in [-0.15, -0.1) is 6.58 Å². The van der Waals surface area contributed by atoms with Gasteiger partial charge in [-0.1, -0.05) is 6.08 Å². The summed E-state index contributed by atoms with van der Waals surface area (Å²) in [7, 11) is 0. The molecule has 2 aromatic rings. The fourth-order valence-electron chi connectivity index (χ4n) is 2.36. The molecule has 0 aromatic carbocycles. The van der Waals surface area contributed by atoms with Crippen LogP contribution in [0.25, 0.3) is 0 Å². The monoisotopic (exact) mass is 335 g/mol. The van der Waals surface area contributed by atoms with Crippen molar-refractivity contribution in [1.82, 2.24) is 19.6 Å². The maximum atomic E-state index is 4.47. The van der Waals surface area contributed by atoms with Crippen molar-refractivity contribution < 1.29 is 0 Å². The molecule has 0 bridgehead atoms. The van der Waals surface area contributed by atoms with Gasteiger partial charge < -0.3 is 5.32 Å². The van der Waals surface area contributed by atoms with Gasteiger partial charge in [-0.05, 0) is 41.3 Å². The van der Waals surface area contributed by atoms with E-state index >= 15 is 0 Å². The summed E-state index contributed by atoms with van der Waals surface area (Å²) in [6, 6.07) is 2.66. The Morgan fingerprint density at radius 2 is 2.35 bits per heavy atom. The average molecular weight is 336 g/mol. The first-order chi connectivity index (χ1) is 9.78. The minimum atomic E-state index is 0.587. The molecule has 0 spiro atoms. The van der Waals surface area contributed by atoms with Crippen molar-refractivity contribution in [1.29, 1.82) is 0 Å². The highest BCUT2D eigenvalue weighted by atomic mass is 79.9. The molecule has 1 N–H and O–H groups in total. The smallest absolute Gasteiger partial charge is 0.162 e. The lowest BCUT2D eigenvalue weighted by Gasteiger charge is -2.27. The van der Waals surface area contributed by atoms with Crippen molar-refractivity contribution in [3.05, 3.63) is 41.3 Å². The zero-order valence-electron chi connectivity index (χ0n) is 11.3. The molecule has 0 amide bonds. The minimum Gasteiger partial charge on any atom is -0.362 e. The Morgan fingerprint density at radius 3 is 3.05 bits per heavy atom. The third-order valence-corrected chi connectivity index (χ3v) is 4.22. The average Bonchev–Trinajstić information content (AvgIpc) is 2.93. The quantitative estimate of drug-likeness (QED) is 0.823. The molecule has 20 heavy (non-hydrogen) atoms. The first-order valence-electron chi connectivity index (χ1n) is 6.88. The van der Waals surface area contributed by atoms with Crippen LogP contribution in [0.3, 0.4) is 0 Å². The van der Waals surface area contributed by atoms with Crippen molar-refractivity contribution in [2.24, 2.45) is 0 Å². The molecule has 0 unspecified atom stereocenters. The van der Waals surface area contributed by atoms with Crippen LogP contribution >= 0.6 is 15.9 Å². The Hall–Kier alpha value is -1.56. The van der Waals surface area contributed by atoms with Crippen molar-refractivity contribution in [3.8, 4) is 0 Å². The van der Waals surface area contributed by atoms with E-state index in [-0.39, 0.29) is 0 Å². The normalized spacial score (nSPS) is 15.1. The van der Waals surface area contributed by atoms with Gasteiger partial charge in [0, 0.05) is 12.4 Å². The van der Waals surface area contributed by atoms with Crippen molar-refractivity contribution in [3.63, 3.8) is 0 Å². The van der Waals surface area contributed by atoms with E-state index in [1.807, 2.05) is 23.2 Å². The zero-order valence-corrected chi connectivity index (χ0v) is 12.9. The number of aromatic nitrogens is 4. The van der Waals surface area contributed by atoms with E-state index in [1.54, 1.807) is 0 Å². The standard InChI is InChI=1S/C14H18BrN5/c1-2-8-19-10-13(15)14(18-19)16-9-12-6-7-17-20(12)11-4-3-5-11/h2,6-7,10-11H,1,3-5,8-9H2,(H,16,18). The largest absolute Gasteiger partial charge is 0.362 e. The highest BCUT2D eigenvalue weighted by Crippen LogP contribution is 2.32. The highest BCUT2D eigenvalue weighted by Gasteiger charge is 2.21. The van der Waals surface area contributed by atoms with Gasteiger partial charge in [-0.25, -0.2) is 0 Å². The predicted molar refractivity (Wildman–Crippen MR) is 82.6 cm³/mol. The molecule has 1 aliphatic rings. The van der Waals surface area contributed by atoms with Crippen LogP contribution in [0.2, 0.25) is 0 Å².